The van der Waals surface area contributed by atoms with E-state index in [0.717, 1.165) is 5.69 Å². The highest BCUT2D eigenvalue weighted by Crippen LogP contribution is 2.13. The minimum atomic E-state index is 0.255. The van der Waals surface area contributed by atoms with Gasteiger partial charge in [-0.2, -0.15) is 4.98 Å². The molecule has 0 spiro atoms. The quantitative estimate of drug-likeness (QED) is 0.697. The largest absolute Gasteiger partial charge is 0.338 e. The Labute approximate surface area is 74.4 Å². The SMILES string of the molecule is Cn1cncc1-c1noc(CN)n1. The fourth-order valence-corrected chi connectivity index (χ4v) is 1.01. The first kappa shape index (κ1) is 7.93. The Morgan fingerprint density at radius 2 is 2.46 bits per heavy atom. The van der Waals surface area contributed by atoms with Crippen LogP contribution in [0.1, 0.15) is 5.89 Å². The van der Waals surface area contributed by atoms with Gasteiger partial charge in [0.15, 0.2) is 0 Å². The molecule has 2 aromatic heterocycles. The summed E-state index contributed by atoms with van der Waals surface area (Å²) in [6.45, 7) is 0.255. The van der Waals surface area contributed by atoms with Crippen LogP contribution >= 0.6 is 0 Å². The zero-order valence-electron chi connectivity index (χ0n) is 7.14. The van der Waals surface area contributed by atoms with Gasteiger partial charge in [-0.05, 0) is 0 Å². The van der Waals surface area contributed by atoms with E-state index in [9.17, 15) is 0 Å². The van der Waals surface area contributed by atoms with Crippen LogP contribution in [0.3, 0.4) is 0 Å². The molecule has 0 amide bonds. The summed E-state index contributed by atoms with van der Waals surface area (Å²) in [7, 11) is 1.86. The van der Waals surface area contributed by atoms with E-state index in [4.69, 9.17) is 10.3 Å². The van der Waals surface area contributed by atoms with Crippen molar-refractivity contribution in [2.24, 2.45) is 12.8 Å². The molecule has 2 rings (SSSR count). The summed E-state index contributed by atoms with van der Waals surface area (Å²) in [5.41, 5.74) is 6.14. The summed E-state index contributed by atoms with van der Waals surface area (Å²) in [6.07, 6.45) is 3.35. The number of imidazole rings is 1. The molecule has 0 fully saturated rings. The van der Waals surface area contributed by atoms with Gasteiger partial charge in [0.1, 0.15) is 5.69 Å². The number of hydrogen-bond acceptors (Lipinski definition) is 5. The molecular weight excluding hydrogens is 170 g/mol. The second-order valence-electron chi connectivity index (χ2n) is 2.61. The molecule has 0 radical (unpaired) electrons. The molecule has 0 saturated heterocycles. The molecule has 0 aliphatic rings. The first-order valence-corrected chi connectivity index (χ1v) is 3.80. The van der Waals surface area contributed by atoms with Crippen molar-refractivity contribution in [2.45, 2.75) is 6.54 Å². The molecular formula is C7H9N5O. The van der Waals surface area contributed by atoms with Crippen molar-refractivity contribution in [3.63, 3.8) is 0 Å². The summed E-state index contributed by atoms with van der Waals surface area (Å²) in [5.74, 6) is 0.941. The summed E-state index contributed by atoms with van der Waals surface area (Å²) < 4.78 is 6.68. The van der Waals surface area contributed by atoms with Crippen LogP contribution in [0.25, 0.3) is 11.5 Å². The molecule has 2 aromatic rings. The van der Waals surface area contributed by atoms with Crippen LogP contribution < -0.4 is 5.73 Å². The minimum Gasteiger partial charge on any atom is -0.338 e. The molecule has 0 bridgehead atoms. The number of nitrogens with two attached hydrogens (primary N) is 1. The lowest BCUT2D eigenvalue weighted by molar-refractivity contribution is 0.380. The van der Waals surface area contributed by atoms with Crippen LogP contribution in [0.15, 0.2) is 17.0 Å². The molecule has 0 aliphatic carbocycles. The van der Waals surface area contributed by atoms with E-state index in [1.54, 1.807) is 12.5 Å². The predicted molar refractivity (Wildman–Crippen MR) is 44.4 cm³/mol. The van der Waals surface area contributed by atoms with Gasteiger partial charge in [-0.25, -0.2) is 4.98 Å². The van der Waals surface area contributed by atoms with Crippen molar-refractivity contribution in [3.8, 4) is 11.5 Å². The second kappa shape index (κ2) is 2.98. The Balaban J connectivity index is 2.41. The maximum Gasteiger partial charge on any atom is 0.240 e. The smallest absolute Gasteiger partial charge is 0.240 e. The average Bonchev–Trinajstić information content (AvgIpc) is 2.71. The zero-order chi connectivity index (χ0) is 9.26. The minimum absolute atomic E-state index is 0.255. The highest BCUT2D eigenvalue weighted by atomic mass is 16.5. The number of rotatable bonds is 2. The van der Waals surface area contributed by atoms with Crippen LogP contribution in [0.4, 0.5) is 0 Å². The third-order valence-corrected chi connectivity index (χ3v) is 1.69. The molecule has 2 N–H and O–H groups in total. The third-order valence-electron chi connectivity index (χ3n) is 1.69. The highest BCUT2D eigenvalue weighted by Gasteiger charge is 2.09. The van der Waals surface area contributed by atoms with E-state index in [-0.39, 0.29) is 6.54 Å². The average molecular weight is 179 g/mol. The Hall–Kier alpha value is -1.69. The van der Waals surface area contributed by atoms with Gasteiger partial charge in [0.25, 0.3) is 0 Å². The maximum absolute atomic E-state index is 5.34. The summed E-state index contributed by atoms with van der Waals surface area (Å²) in [5, 5.41) is 3.76. The third kappa shape index (κ3) is 1.31. The Kier molecular flexibility index (Phi) is 1.82. The molecule has 6 nitrogen and oxygen atoms in total. The fourth-order valence-electron chi connectivity index (χ4n) is 1.01. The van der Waals surface area contributed by atoms with Crippen LogP contribution in [0.5, 0.6) is 0 Å². The molecule has 0 saturated carbocycles. The number of aryl methyl sites for hydroxylation is 1. The Bertz CT molecular complexity index is 404. The van der Waals surface area contributed by atoms with E-state index in [1.807, 2.05) is 11.6 Å². The van der Waals surface area contributed by atoms with Crippen molar-refractivity contribution >= 4 is 0 Å². The molecule has 0 atom stereocenters. The van der Waals surface area contributed by atoms with E-state index in [2.05, 4.69) is 15.1 Å². The van der Waals surface area contributed by atoms with Crippen molar-refractivity contribution in [1.82, 2.24) is 19.7 Å². The van der Waals surface area contributed by atoms with Crippen molar-refractivity contribution in [1.29, 1.82) is 0 Å². The summed E-state index contributed by atoms with van der Waals surface area (Å²) >= 11 is 0. The molecule has 6 heteroatoms. The molecule has 13 heavy (non-hydrogen) atoms. The van der Waals surface area contributed by atoms with E-state index >= 15 is 0 Å². The summed E-state index contributed by atoms with van der Waals surface area (Å²) in [6, 6.07) is 0. The lowest BCUT2D eigenvalue weighted by Crippen LogP contribution is -1.96. The second-order valence-corrected chi connectivity index (χ2v) is 2.61. The maximum atomic E-state index is 5.34. The Morgan fingerprint density at radius 3 is 3.00 bits per heavy atom. The van der Waals surface area contributed by atoms with Crippen LogP contribution in [-0.4, -0.2) is 19.7 Å². The molecule has 2 heterocycles. The van der Waals surface area contributed by atoms with Gasteiger partial charge in [-0.1, -0.05) is 5.16 Å². The van der Waals surface area contributed by atoms with E-state index < -0.39 is 0 Å². The number of nitrogens with zero attached hydrogens (tertiary/aromatic N) is 4. The molecule has 68 valence electrons. The monoisotopic (exact) mass is 179 g/mol. The molecule has 0 unspecified atom stereocenters. The van der Waals surface area contributed by atoms with E-state index in [0.29, 0.717) is 11.7 Å². The molecule has 0 aliphatic heterocycles. The standard InChI is InChI=1S/C7H9N5O/c1-12-4-9-3-5(12)7-10-6(2-8)13-11-7/h3-4H,2,8H2,1H3. The van der Waals surface area contributed by atoms with Crippen LogP contribution in [-0.2, 0) is 13.6 Å². The van der Waals surface area contributed by atoms with Crippen LogP contribution in [0, 0.1) is 0 Å². The lowest BCUT2D eigenvalue weighted by atomic mass is 10.4. The summed E-state index contributed by atoms with van der Waals surface area (Å²) in [4.78, 5) is 8.01. The van der Waals surface area contributed by atoms with E-state index in [1.165, 1.54) is 0 Å². The van der Waals surface area contributed by atoms with Crippen LogP contribution in [0.2, 0.25) is 0 Å². The van der Waals surface area contributed by atoms with Crippen molar-refractivity contribution < 1.29 is 4.52 Å². The van der Waals surface area contributed by atoms with Gasteiger partial charge < -0.3 is 14.8 Å². The lowest BCUT2D eigenvalue weighted by Gasteiger charge is -1.92. The van der Waals surface area contributed by atoms with Gasteiger partial charge in [0.2, 0.25) is 11.7 Å². The predicted octanol–water partition coefficient (Wildman–Crippen LogP) is -0.0712. The van der Waals surface area contributed by atoms with Gasteiger partial charge in [-0.3, -0.25) is 0 Å². The first-order chi connectivity index (χ1) is 6.31. The topological polar surface area (TPSA) is 82.8 Å². The highest BCUT2D eigenvalue weighted by molar-refractivity contribution is 5.46. The fraction of sp³-hybridized carbons (Fsp3) is 0.286. The zero-order valence-corrected chi connectivity index (χ0v) is 7.14. The number of aromatic nitrogens is 4. The van der Waals surface area contributed by atoms with Crippen molar-refractivity contribution in [2.75, 3.05) is 0 Å². The van der Waals surface area contributed by atoms with Gasteiger partial charge >= 0.3 is 0 Å². The van der Waals surface area contributed by atoms with Gasteiger partial charge in [0.05, 0.1) is 19.1 Å². The Morgan fingerprint density at radius 1 is 1.62 bits per heavy atom. The normalized spacial score (nSPS) is 10.6. The first-order valence-electron chi connectivity index (χ1n) is 3.80. The molecule has 0 aromatic carbocycles. The van der Waals surface area contributed by atoms with Crippen molar-refractivity contribution in [3.05, 3.63) is 18.4 Å². The van der Waals surface area contributed by atoms with Gasteiger partial charge in [-0.15, -0.1) is 0 Å². The number of hydrogen-bond donors (Lipinski definition) is 1. The van der Waals surface area contributed by atoms with Gasteiger partial charge in [0, 0.05) is 7.05 Å².